The second-order valence-electron chi connectivity index (χ2n) is 7.16. The molecule has 10 heteroatoms. The number of carbonyl (C=O) groups is 2. The van der Waals surface area contributed by atoms with Crippen LogP contribution in [0.4, 0.5) is 0 Å². The standard InChI is InChI=1S/C19H24N6O3S/c1-13(17(27)22-19(12-20)8-3-2-4-9-19)29-18-24-23-16(14-6-5-11-28-14)25(18)10-7-15(21)26/h5-6,11,13H,2-4,7-10H2,1H3,(H2,21,26)(H,22,27). The molecule has 9 nitrogen and oxygen atoms in total. The van der Waals surface area contributed by atoms with Crippen LogP contribution in [0.2, 0.25) is 0 Å². The molecular weight excluding hydrogens is 392 g/mol. The predicted molar refractivity (Wildman–Crippen MR) is 106 cm³/mol. The highest BCUT2D eigenvalue weighted by atomic mass is 32.2. The number of nitrogens with zero attached hydrogens (tertiary/aromatic N) is 4. The third-order valence-electron chi connectivity index (χ3n) is 4.98. The maximum atomic E-state index is 12.8. The highest BCUT2D eigenvalue weighted by Gasteiger charge is 2.35. The first-order valence-electron chi connectivity index (χ1n) is 9.59. The molecular formula is C19H24N6O3S. The monoisotopic (exact) mass is 416 g/mol. The normalized spacial score (nSPS) is 16.7. The van der Waals surface area contributed by atoms with Crippen molar-refractivity contribution in [2.75, 3.05) is 0 Å². The van der Waals surface area contributed by atoms with Crippen molar-refractivity contribution in [1.29, 1.82) is 5.26 Å². The van der Waals surface area contributed by atoms with Crippen LogP contribution in [0.3, 0.4) is 0 Å². The molecule has 2 aromatic rings. The third kappa shape index (κ3) is 4.98. The zero-order valence-electron chi connectivity index (χ0n) is 16.3. The smallest absolute Gasteiger partial charge is 0.234 e. The lowest BCUT2D eigenvalue weighted by atomic mass is 9.83. The first-order valence-corrected chi connectivity index (χ1v) is 10.5. The summed E-state index contributed by atoms with van der Waals surface area (Å²) in [7, 11) is 0. The summed E-state index contributed by atoms with van der Waals surface area (Å²) in [6.07, 6.45) is 5.93. The van der Waals surface area contributed by atoms with E-state index in [9.17, 15) is 14.9 Å². The van der Waals surface area contributed by atoms with Gasteiger partial charge in [0, 0.05) is 13.0 Å². The van der Waals surface area contributed by atoms with Crippen LogP contribution in [-0.4, -0.2) is 37.4 Å². The summed E-state index contributed by atoms with van der Waals surface area (Å²) < 4.78 is 7.12. The molecule has 1 fully saturated rings. The SMILES string of the molecule is CC(Sc1nnc(-c2ccco2)n1CCC(N)=O)C(=O)NC1(C#N)CCCCC1. The quantitative estimate of drug-likeness (QED) is 0.629. The fourth-order valence-corrected chi connectivity index (χ4v) is 4.23. The van der Waals surface area contributed by atoms with Gasteiger partial charge in [-0.15, -0.1) is 10.2 Å². The maximum absolute atomic E-state index is 12.8. The number of aromatic nitrogens is 3. The van der Waals surface area contributed by atoms with Gasteiger partial charge in [0.25, 0.3) is 0 Å². The van der Waals surface area contributed by atoms with E-state index in [1.807, 2.05) is 0 Å². The van der Waals surface area contributed by atoms with E-state index >= 15 is 0 Å². The summed E-state index contributed by atoms with van der Waals surface area (Å²) in [4.78, 5) is 24.0. The van der Waals surface area contributed by atoms with Crippen molar-refractivity contribution >= 4 is 23.6 Å². The fourth-order valence-electron chi connectivity index (χ4n) is 3.36. The highest BCUT2D eigenvalue weighted by molar-refractivity contribution is 8.00. The van der Waals surface area contributed by atoms with Crippen LogP contribution in [0.25, 0.3) is 11.6 Å². The minimum absolute atomic E-state index is 0.109. The van der Waals surface area contributed by atoms with Gasteiger partial charge in [0.2, 0.25) is 11.8 Å². The van der Waals surface area contributed by atoms with Crippen molar-refractivity contribution in [2.24, 2.45) is 5.73 Å². The summed E-state index contributed by atoms with van der Waals surface area (Å²) in [5.74, 6) is 0.310. The van der Waals surface area contributed by atoms with E-state index in [-0.39, 0.29) is 18.9 Å². The molecule has 0 radical (unpaired) electrons. The van der Waals surface area contributed by atoms with E-state index in [2.05, 4.69) is 21.6 Å². The Balaban J connectivity index is 1.75. The van der Waals surface area contributed by atoms with Crippen LogP contribution >= 0.6 is 11.8 Å². The van der Waals surface area contributed by atoms with Crippen molar-refractivity contribution in [3.8, 4) is 17.7 Å². The van der Waals surface area contributed by atoms with E-state index in [0.29, 0.717) is 29.6 Å². The van der Waals surface area contributed by atoms with Crippen LogP contribution < -0.4 is 11.1 Å². The van der Waals surface area contributed by atoms with Crippen molar-refractivity contribution in [3.63, 3.8) is 0 Å². The average molecular weight is 417 g/mol. The Hall–Kier alpha value is -2.80. The van der Waals surface area contributed by atoms with Gasteiger partial charge in [0.05, 0.1) is 17.6 Å². The van der Waals surface area contributed by atoms with Gasteiger partial charge in [-0.3, -0.25) is 14.2 Å². The number of amides is 2. The number of furan rings is 1. The molecule has 0 saturated heterocycles. The molecule has 29 heavy (non-hydrogen) atoms. The van der Waals surface area contributed by atoms with Gasteiger partial charge in [-0.25, -0.2) is 0 Å². The van der Waals surface area contributed by atoms with E-state index in [1.165, 1.54) is 18.0 Å². The van der Waals surface area contributed by atoms with Crippen LogP contribution in [0.15, 0.2) is 28.0 Å². The minimum atomic E-state index is -0.789. The zero-order valence-corrected chi connectivity index (χ0v) is 17.1. The van der Waals surface area contributed by atoms with Crippen LogP contribution in [0.5, 0.6) is 0 Å². The number of nitriles is 1. The Morgan fingerprint density at radius 3 is 2.79 bits per heavy atom. The second-order valence-corrected chi connectivity index (χ2v) is 8.46. The molecule has 1 aliphatic rings. The molecule has 154 valence electrons. The molecule has 3 N–H and O–H groups in total. The van der Waals surface area contributed by atoms with Gasteiger partial charge in [0.1, 0.15) is 5.54 Å². The first kappa shape index (κ1) is 20.9. The summed E-state index contributed by atoms with van der Waals surface area (Å²) in [6, 6.07) is 5.77. The van der Waals surface area contributed by atoms with Gasteiger partial charge in [0.15, 0.2) is 16.7 Å². The fraction of sp³-hybridized carbons (Fsp3) is 0.526. The molecule has 1 aliphatic carbocycles. The Kier molecular flexibility index (Phi) is 6.59. The zero-order chi connectivity index (χ0) is 20.9. The average Bonchev–Trinajstić information content (AvgIpc) is 3.36. The van der Waals surface area contributed by atoms with Crippen LogP contribution in [0.1, 0.15) is 45.4 Å². The first-order chi connectivity index (χ1) is 13.9. The molecule has 1 unspecified atom stereocenters. The van der Waals surface area contributed by atoms with Crippen molar-refractivity contribution in [2.45, 2.75) is 67.9 Å². The summed E-state index contributed by atoms with van der Waals surface area (Å²) in [6.45, 7) is 2.03. The molecule has 0 bridgehead atoms. The van der Waals surface area contributed by atoms with Crippen LogP contribution in [0, 0.1) is 11.3 Å². The minimum Gasteiger partial charge on any atom is -0.461 e. The summed E-state index contributed by atoms with van der Waals surface area (Å²) in [5.41, 5.74) is 4.50. The molecule has 0 aromatic carbocycles. The predicted octanol–water partition coefficient (Wildman–Crippen LogP) is 2.24. The highest BCUT2D eigenvalue weighted by Crippen LogP contribution is 2.30. The Morgan fingerprint density at radius 1 is 1.41 bits per heavy atom. The molecule has 0 aliphatic heterocycles. The molecule has 0 spiro atoms. The van der Waals surface area contributed by atoms with E-state index in [4.69, 9.17) is 10.2 Å². The maximum Gasteiger partial charge on any atom is 0.234 e. The lowest BCUT2D eigenvalue weighted by molar-refractivity contribution is -0.122. The van der Waals surface area contributed by atoms with Gasteiger partial charge >= 0.3 is 0 Å². The number of nitrogens with one attached hydrogen (secondary N) is 1. The number of hydrogen-bond donors (Lipinski definition) is 2. The lowest BCUT2D eigenvalue weighted by Gasteiger charge is -2.32. The van der Waals surface area contributed by atoms with Gasteiger partial charge < -0.3 is 15.5 Å². The molecule has 2 amide bonds. The van der Waals surface area contributed by atoms with E-state index in [1.54, 1.807) is 23.6 Å². The number of nitrogens with two attached hydrogens (primary N) is 1. The Morgan fingerprint density at radius 2 is 2.17 bits per heavy atom. The molecule has 2 aromatic heterocycles. The summed E-state index contributed by atoms with van der Waals surface area (Å²) >= 11 is 1.22. The van der Waals surface area contributed by atoms with Gasteiger partial charge in [-0.1, -0.05) is 31.0 Å². The lowest BCUT2D eigenvalue weighted by Crippen LogP contribution is -2.51. The topological polar surface area (TPSA) is 140 Å². The van der Waals surface area contributed by atoms with Crippen molar-refractivity contribution < 1.29 is 14.0 Å². The van der Waals surface area contributed by atoms with Crippen molar-refractivity contribution in [3.05, 3.63) is 18.4 Å². The number of primary amides is 1. The van der Waals surface area contributed by atoms with E-state index in [0.717, 1.165) is 19.3 Å². The number of hydrogen-bond acceptors (Lipinski definition) is 7. The van der Waals surface area contributed by atoms with Crippen molar-refractivity contribution in [1.82, 2.24) is 20.1 Å². The molecule has 1 atom stereocenters. The number of carbonyl (C=O) groups excluding carboxylic acids is 2. The Bertz CT molecular complexity index is 896. The summed E-state index contributed by atoms with van der Waals surface area (Å²) in [5, 5.41) is 20.8. The van der Waals surface area contributed by atoms with Gasteiger partial charge in [-0.2, -0.15) is 5.26 Å². The third-order valence-corrected chi connectivity index (χ3v) is 6.06. The van der Waals surface area contributed by atoms with Crippen LogP contribution in [-0.2, 0) is 16.1 Å². The number of thioether (sulfide) groups is 1. The number of rotatable bonds is 8. The van der Waals surface area contributed by atoms with E-state index < -0.39 is 16.7 Å². The largest absolute Gasteiger partial charge is 0.461 e. The Labute approximate surface area is 173 Å². The van der Waals surface area contributed by atoms with Gasteiger partial charge in [-0.05, 0) is 31.9 Å². The molecule has 1 saturated carbocycles. The molecule has 3 rings (SSSR count). The molecule has 2 heterocycles. The second kappa shape index (κ2) is 9.13.